The van der Waals surface area contributed by atoms with Gasteiger partial charge in [-0.1, -0.05) is 92.2 Å². The number of hydrogen-bond donors (Lipinski definition) is 0. The van der Waals surface area contributed by atoms with Gasteiger partial charge in [-0.15, -0.1) is 0 Å². The predicted octanol–water partition coefficient (Wildman–Crippen LogP) is 8.18. The minimum atomic E-state index is 0.599. The molecule has 3 aromatic carbocycles. The van der Waals surface area contributed by atoms with Crippen LogP contribution in [0.15, 0.2) is 66.7 Å². The molecular weight excluding hydrogens is 384 g/mol. The van der Waals surface area contributed by atoms with Crippen molar-refractivity contribution in [2.45, 2.75) is 65.7 Å². The largest absolute Gasteiger partial charge is 0.0683 e. The molecule has 0 bridgehead atoms. The van der Waals surface area contributed by atoms with E-state index in [1.165, 1.54) is 48.8 Å². The van der Waals surface area contributed by atoms with Crippen molar-refractivity contribution in [2.75, 3.05) is 0 Å². The molecule has 32 heavy (non-hydrogen) atoms. The summed E-state index contributed by atoms with van der Waals surface area (Å²) >= 11 is 0. The van der Waals surface area contributed by atoms with Crippen molar-refractivity contribution < 1.29 is 0 Å². The van der Waals surface area contributed by atoms with Gasteiger partial charge in [0.1, 0.15) is 0 Å². The van der Waals surface area contributed by atoms with Crippen LogP contribution < -0.4 is 0 Å². The summed E-state index contributed by atoms with van der Waals surface area (Å²) in [4.78, 5) is 0. The molecule has 0 radical (unpaired) electrons. The Balaban J connectivity index is 0.00000141. The standard InChI is InChI=1S/C30H28.C2H6/c1-23-8-12-25(13-9-23)16-17-27-19-21-29(20-18-26-14-10-24(2)11-15-26)30(22-27)28-6-4-3-5-7-28;1-2/h8-15,19,21-22,28H,3-7H2,1-2H3;1-2H3. The van der Waals surface area contributed by atoms with E-state index in [2.05, 4.69) is 104 Å². The highest BCUT2D eigenvalue weighted by atomic mass is 14.2. The Kier molecular flexibility index (Phi) is 8.78. The summed E-state index contributed by atoms with van der Waals surface area (Å²) in [5.41, 5.74) is 8.27. The van der Waals surface area contributed by atoms with Crippen LogP contribution in [0.1, 0.15) is 90.8 Å². The van der Waals surface area contributed by atoms with Gasteiger partial charge < -0.3 is 0 Å². The molecule has 1 aliphatic carbocycles. The Morgan fingerprint density at radius 2 is 1.03 bits per heavy atom. The van der Waals surface area contributed by atoms with Gasteiger partial charge in [-0.05, 0) is 80.6 Å². The maximum Gasteiger partial charge on any atom is 0.0284 e. The first-order valence-corrected chi connectivity index (χ1v) is 12.0. The summed E-state index contributed by atoms with van der Waals surface area (Å²) < 4.78 is 0. The third kappa shape index (κ3) is 6.64. The summed E-state index contributed by atoms with van der Waals surface area (Å²) in [7, 11) is 0. The Labute approximate surface area is 195 Å². The van der Waals surface area contributed by atoms with Gasteiger partial charge in [0.15, 0.2) is 0 Å². The van der Waals surface area contributed by atoms with Crippen LogP contribution in [-0.4, -0.2) is 0 Å². The normalized spacial score (nSPS) is 13.0. The molecule has 0 nitrogen and oxygen atoms in total. The van der Waals surface area contributed by atoms with E-state index in [0.717, 1.165) is 22.3 Å². The molecule has 0 heterocycles. The summed E-state index contributed by atoms with van der Waals surface area (Å²) in [5.74, 6) is 14.1. The summed E-state index contributed by atoms with van der Waals surface area (Å²) in [5, 5.41) is 0. The molecular formula is C32H34. The maximum atomic E-state index is 3.46. The zero-order chi connectivity index (χ0) is 22.8. The molecule has 4 rings (SSSR count). The maximum absolute atomic E-state index is 3.46. The number of rotatable bonds is 1. The first kappa shape index (κ1) is 23.4. The quantitative estimate of drug-likeness (QED) is 0.350. The molecule has 0 amide bonds. The van der Waals surface area contributed by atoms with Crippen LogP contribution in [0.2, 0.25) is 0 Å². The van der Waals surface area contributed by atoms with E-state index in [1.54, 1.807) is 0 Å². The zero-order valence-electron chi connectivity index (χ0n) is 20.0. The van der Waals surface area contributed by atoms with Crippen LogP contribution in [0.4, 0.5) is 0 Å². The third-order valence-corrected chi connectivity index (χ3v) is 5.89. The van der Waals surface area contributed by atoms with Crippen LogP contribution in [0, 0.1) is 37.5 Å². The molecule has 0 heteroatoms. The molecule has 0 N–H and O–H groups in total. The molecule has 0 saturated heterocycles. The first-order valence-electron chi connectivity index (χ1n) is 12.0. The van der Waals surface area contributed by atoms with Crippen molar-refractivity contribution in [1.29, 1.82) is 0 Å². The molecule has 0 aliphatic heterocycles. The van der Waals surface area contributed by atoms with Crippen LogP contribution in [0.25, 0.3) is 0 Å². The van der Waals surface area contributed by atoms with Crippen molar-refractivity contribution in [3.05, 3.63) is 106 Å². The average Bonchev–Trinajstić information content (AvgIpc) is 2.85. The monoisotopic (exact) mass is 418 g/mol. The topological polar surface area (TPSA) is 0 Å². The fraction of sp³-hybridized carbons (Fsp3) is 0.312. The van der Waals surface area contributed by atoms with Gasteiger partial charge >= 0.3 is 0 Å². The van der Waals surface area contributed by atoms with E-state index < -0.39 is 0 Å². The fourth-order valence-corrected chi connectivity index (χ4v) is 4.06. The molecule has 1 aliphatic rings. The van der Waals surface area contributed by atoms with E-state index >= 15 is 0 Å². The Bertz CT molecular complexity index is 1120. The van der Waals surface area contributed by atoms with Gasteiger partial charge in [0.05, 0.1) is 0 Å². The third-order valence-electron chi connectivity index (χ3n) is 5.89. The van der Waals surface area contributed by atoms with E-state index in [1.807, 2.05) is 13.8 Å². The number of aryl methyl sites for hydroxylation is 2. The van der Waals surface area contributed by atoms with E-state index in [4.69, 9.17) is 0 Å². The van der Waals surface area contributed by atoms with Gasteiger partial charge in [0, 0.05) is 22.3 Å². The SMILES string of the molecule is CC.Cc1ccc(C#Cc2ccc(C#Cc3ccc(C)cc3)c(C3CCCCC3)c2)cc1. The second-order valence-corrected chi connectivity index (χ2v) is 8.37. The molecule has 3 aromatic rings. The highest BCUT2D eigenvalue weighted by Gasteiger charge is 2.18. The molecule has 0 aromatic heterocycles. The molecule has 0 spiro atoms. The van der Waals surface area contributed by atoms with E-state index in [-0.39, 0.29) is 0 Å². The Morgan fingerprint density at radius 1 is 0.562 bits per heavy atom. The van der Waals surface area contributed by atoms with Gasteiger partial charge in [0.25, 0.3) is 0 Å². The van der Waals surface area contributed by atoms with Gasteiger partial charge in [0.2, 0.25) is 0 Å². The minimum absolute atomic E-state index is 0.599. The highest BCUT2D eigenvalue weighted by molar-refractivity contribution is 5.53. The molecule has 1 fully saturated rings. The predicted molar refractivity (Wildman–Crippen MR) is 138 cm³/mol. The number of hydrogen-bond acceptors (Lipinski definition) is 0. The van der Waals surface area contributed by atoms with Gasteiger partial charge in [-0.2, -0.15) is 0 Å². The lowest BCUT2D eigenvalue weighted by atomic mass is 9.81. The Morgan fingerprint density at radius 3 is 1.59 bits per heavy atom. The van der Waals surface area contributed by atoms with Gasteiger partial charge in [-0.25, -0.2) is 0 Å². The fourth-order valence-electron chi connectivity index (χ4n) is 4.06. The summed E-state index contributed by atoms with van der Waals surface area (Å²) in [6.45, 7) is 8.21. The molecule has 0 unspecified atom stereocenters. The molecule has 1 saturated carbocycles. The van der Waals surface area contributed by atoms with Crippen molar-refractivity contribution in [3.8, 4) is 23.7 Å². The summed E-state index contributed by atoms with van der Waals surface area (Å²) in [6.07, 6.45) is 6.50. The van der Waals surface area contributed by atoms with Gasteiger partial charge in [-0.3, -0.25) is 0 Å². The van der Waals surface area contributed by atoms with Crippen LogP contribution >= 0.6 is 0 Å². The van der Waals surface area contributed by atoms with Crippen LogP contribution in [0.5, 0.6) is 0 Å². The Hall–Kier alpha value is -3.22. The van der Waals surface area contributed by atoms with Crippen LogP contribution in [0.3, 0.4) is 0 Å². The van der Waals surface area contributed by atoms with Crippen molar-refractivity contribution in [3.63, 3.8) is 0 Å². The second-order valence-electron chi connectivity index (χ2n) is 8.37. The highest BCUT2D eigenvalue weighted by Crippen LogP contribution is 2.34. The second kappa shape index (κ2) is 12.0. The van der Waals surface area contributed by atoms with E-state index in [0.29, 0.717) is 5.92 Å². The average molecular weight is 419 g/mol. The lowest BCUT2D eigenvalue weighted by molar-refractivity contribution is 0.443. The van der Waals surface area contributed by atoms with Crippen LogP contribution in [-0.2, 0) is 0 Å². The van der Waals surface area contributed by atoms with Crippen molar-refractivity contribution in [2.24, 2.45) is 0 Å². The molecule has 0 atom stereocenters. The summed E-state index contributed by atoms with van der Waals surface area (Å²) in [6, 6.07) is 23.4. The van der Waals surface area contributed by atoms with Crippen molar-refractivity contribution >= 4 is 0 Å². The smallest absolute Gasteiger partial charge is 0.0284 e. The van der Waals surface area contributed by atoms with Crippen molar-refractivity contribution in [1.82, 2.24) is 0 Å². The zero-order valence-corrected chi connectivity index (χ0v) is 20.0. The number of benzene rings is 3. The van der Waals surface area contributed by atoms with E-state index in [9.17, 15) is 0 Å². The lowest BCUT2D eigenvalue weighted by Crippen LogP contribution is -2.06. The lowest BCUT2D eigenvalue weighted by Gasteiger charge is -2.23. The minimum Gasteiger partial charge on any atom is -0.0683 e. The molecule has 162 valence electrons. The first-order chi connectivity index (χ1) is 15.7.